The van der Waals surface area contributed by atoms with Gasteiger partial charge in [0.15, 0.2) is 0 Å². The van der Waals surface area contributed by atoms with Crippen molar-refractivity contribution in [1.82, 2.24) is 0 Å². The van der Waals surface area contributed by atoms with Crippen LogP contribution in [-0.2, 0) is 0 Å². The van der Waals surface area contributed by atoms with Crippen LogP contribution in [-0.4, -0.2) is 0 Å². The van der Waals surface area contributed by atoms with Crippen LogP contribution < -0.4 is 0 Å². The van der Waals surface area contributed by atoms with Crippen molar-refractivity contribution < 1.29 is 4.39 Å². The third-order valence-corrected chi connectivity index (χ3v) is 6.88. The molecule has 136 valence electrons. The molecule has 0 aromatic heterocycles. The lowest BCUT2D eigenvalue weighted by Gasteiger charge is -2.38. The largest absolute Gasteiger partial charge is 0.206 e. The van der Waals surface area contributed by atoms with E-state index >= 15 is 0 Å². The Kier molecular flexibility index (Phi) is 6.51. The molecule has 2 fully saturated rings. The van der Waals surface area contributed by atoms with Gasteiger partial charge in [-0.1, -0.05) is 45.1 Å². The van der Waals surface area contributed by atoms with Gasteiger partial charge in [0.1, 0.15) is 11.9 Å². The van der Waals surface area contributed by atoms with Gasteiger partial charge >= 0.3 is 0 Å². The van der Waals surface area contributed by atoms with E-state index in [2.05, 4.69) is 6.92 Å². The Morgan fingerprint density at radius 1 is 1.00 bits per heavy atom. The summed E-state index contributed by atoms with van der Waals surface area (Å²) in [7, 11) is 0. The van der Waals surface area contributed by atoms with E-state index in [1.54, 1.807) is 12.1 Å². The van der Waals surface area contributed by atoms with E-state index in [1.165, 1.54) is 70.6 Å². The van der Waals surface area contributed by atoms with Gasteiger partial charge in [-0.2, -0.15) is 5.26 Å². The fourth-order valence-corrected chi connectivity index (χ4v) is 5.24. The zero-order valence-corrected chi connectivity index (χ0v) is 15.6. The molecule has 0 amide bonds. The fourth-order valence-electron chi connectivity index (χ4n) is 5.24. The Morgan fingerprint density at radius 3 is 2.20 bits per heavy atom. The SMILES string of the molecule is CCCCC1CCC(C2CCC(c3ccc(C#N)c(F)c3)CC2)CC1. The summed E-state index contributed by atoms with van der Waals surface area (Å²) in [5, 5.41) is 8.87. The van der Waals surface area contributed by atoms with Gasteiger partial charge in [-0.25, -0.2) is 4.39 Å². The minimum Gasteiger partial charge on any atom is -0.206 e. The monoisotopic (exact) mass is 341 g/mol. The smallest absolute Gasteiger partial charge is 0.141 e. The van der Waals surface area contributed by atoms with Crippen LogP contribution in [0.15, 0.2) is 18.2 Å². The van der Waals surface area contributed by atoms with Gasteiger partial charge in [-0.05, 0) is 79.9 Å². The van der Waals surface area contributed by atoms with Crippen molar-refractivity contribution in [1.29, 1.82) is 5.26 Å². The standard InChI is InChI=1S/C23H32FN/c1-2-3-4-17-5-7-18(8-6-17)19-9-11-20(12-10-19)21-13-14-22(16-25)23(24)15-21/h13-15,17-20H,2-12H2,1H3. The number of unbranched alkanes of at least 4 members (excludes halogenated alkanes) is 1. The summed E-state index contributed by atoms with van der Waals surface area (Å²) in [4.78, 5) is 0. The van der Waals surface area contributed by atoms with Gasteiger partial charge in [0.25, 0.3) is 0 Å². The number of rotatable bonds is 5. The Bertz CT molecular complexity index is 587. The quantitative estimate of drug-likeness (QED) is 0.567. The van der Waals surface area contributed by atoms with Crippen molar-refractivity contribution in [2.45, 2.75) is 83.5 Å². The molecule has 2 heteroatoms. The third kappa shape index (κ3) is 4.63. The zero-order chi connectivity index (χ0) is 17.6. The summed E-state index contributed by atoms with van der Waals surface area (Å²) in [6.07, 6.45) is 14.9. The molecular formula is C23H32FN. The first kappa shape index (κ1) is 18.4. The van der Waals surface area contributed by atoms with Gasteiger partial charge in [-0.3, -0.25) is 0 Å². The molecule has 0 saturated heterocycles. The summed E-state index contributed by atoms with van der Waals surface area (Å²) in [5.74, 6) is 2.96. The first-order valence-electron chi connectivity index (χ1n) is 10.4. The number of benzene rings is 1. The number of hydrogen-bond acceptors (Lipinski definition) is 1. The van der Waals surface area contributed by atoms with E-state index in [0.717, 1.165) is 23.3 Å². The van der Waals surface area contributed by atoms with E-state index < -0.39 is 0 Å². The first-order valence-corrected chi connectivity index (χ1v) is 10.4. The van der Waals surface area contributed by atoms with Crippen LogP contribution in [0.4, 0.5) is 4.39 Å². The minimum absolute atomic E-state index is 0.164. The molecule has 0 radical (unpaired) electrons. The molecule has 1 aromatic carbocycles. The van der Waals surface area contributed by atoms with Crippen molar-refractivity contribution in [2.24, 2.45) is 17.8 Å². The predicted molar refractivity (Wildman–Crippen MR) is 101 cm³/mol. The molecule has 2 aliphatic rings. The van der Waals surface area contributed by atoms with E-state index in [-0.39, 0.29) is 11.4 Å². The molecular weight excluding hydrogens is 309 g/mol. The molecule has 0 unspecified atom stereocenters. The Balaban J connectivity index is 1.48. The molecule has 3 rings (SSSR count). The molecule has 1 aromatic rings. The molecule has 0 atom stereocenters. The van der Waals surface area contributed by atoms with Crippen LogP contribution in [0.5, 0.6) is 0 Å². The first-order chi connectivity index (χ1) is 12.2. The summed E-state index contributed by atoms with van der Waals surface area (Å²) < 4.78 is 13.9. The van der Waals surface area contributed by atoms with Crippen LogP contribution in [0.2, 0.25) is 0 Å². The highest BCUT2D eigenvalue weighted by Crippen LogP contribution is 2.44. The maximum atomic E-state index is 13.9. The number of halogens is 1. The fraction of sp³-hybridized carbons (Fsp3) is 0.696. The van der Waals surface area contributed by atoms with Gasteiger partial charge in [0.05, 0.1) is 5.56 Å². The minimum atomic E-state index is -0.354. The highest BCUT2D eigenvalue weighted by molar-refractivity contribution is 5.34. The summed E-state index contributed by atoms with van der Waals surface area (Å²) >= 11 is 0. The van der Waals surface area contributed by atoms with Crippen molar-refractivity contribution in [3.8, 4) is 6.07 Å². The van der Waals surface area contributed by atoms with Gasteiger partial charge in [0, 0.05) is 0 Å². The topological polar surface area (TPSA) is 23.8 Å². The molecule has 2 saturated carbocycles. The maximum absolute atomic E-state index is 13.9. The summed E-state index contributed by atoms with van der Waals surface area (Å²) in [6.45, 7) is 2.30. The van der Waals surface area contributed by atoms with Crippen molar-refractivity contribution in [3.63, 3.8) is 0 Å². The zero-order valence-electron chi connectivity index (χ0n) is 15.6. The van der Waals surface area contributed by atoms with Crippen molar-refractivity contribution >= 4 is 0 Å². The van der Waals surface area contributed by atoms with Crippen LogP contribution in [0.25, 0.3) is 0 Å². The Hall–Kier alpha value is -1.36. The molecule has 2 aliphatic carbocycles. The maximum Gasteiger partial charge on any atom is 0.141 e. The Labute approximate surface area is 152 Å². The lowest BCUT2D eigenvalue weighted by atomic mass is 9.68. The molecule has 0 aliphatic heterocycles. The molecule has 0 bridgehead atoms. The lowest BCUT2D eigenvalue weighted by Crippen LogP contribution is -2.25. The second-order valence-electron chi connectivity index (χ2n) is 8.39. The second kappa shape index (κ2) is 8.84. The van der Waals surface area contributed by atoms with Gasteiger partial charge < -0.3 is 0 Å². The number of nitriles is 1. The Morgan fingerprint density at radius 2 is 1.64 bits per heavy atom. The van der Waals surface area contributed by atoms with Crippen LogP contribution in [0, 0.1) is 34.9 Å². The van der Waals surface area contributed by atoms with Gasteiger partial charge in [0.2, 0.25) is 0 Å². The van der Waals surface area contributed by atoms with Crippen LogP contribution in [0.1, 0.15) is 94.6 Å². The normalized spacial score (nSPS) is 30.0. The molecule has 25 heavy (non-hydrogen) atoms. The average molecular weight is 342 g/mol. The highest BCUT2D eigenvalue weighted by Gasteiger charge is 2.31. The lowest BCUT2D eigenvalue weighted by molar-refractivity contribution is 0.156. The molecule has 0 heterocycles. The summed E-state index contributed by atoms with van der Waals surface area (Å²) in [6, 6.07) is 7.13. The third-order valence-electron chi connectivity index (χ3n) is 6.88. The predicted octanol–water partition coefficient (Wildman–Crippen LogP) is 6.97. The number of nitrogens with zero attached hydrogens (tertiary/aromatic N) is 1. The van der Waals surface area contributed by atoms with E-state index in [1.807, 2.05) is 12.1 Å². The number of hydrogen-bond donors (Lipinski definition) is 0. The van der Waals surface area contributed by atoms with Crippen LogP contribution >= 0.6 is 0 Å². The van der Waals surface area contributed by atoms with E-state index in [0.29, 0.717) is 5.92 Å². The van der Waals surface area contributed by atoms with Crippen LogP contribution in [0.3, 0.4) is 0 Å². The van der Waals surface area contributed by atoms with Crippen molar-refractivity contribution in [3.05, 3.63) is 35.1 Å². The highest BCUT2D eigenvalue weighted by atomic mass is 19.1. The average Bonchev–Trinajstić information content (AvgIpc) is 2.67. The van der Waals surface area contributed by atoms with E-state index in [4.69, 9.17) is 5.26 Å². The molecule has 0 N–H and O–H groups in total. The second-order valence-corrected chi connectivity index (χ2v) is 8.39. The summed E-state index contributed by atoms with van der Waals surface area (Å²) in [5.41, 5.74) is 1.26. The molecule has 1 nitrogen and oxygen atoms in total. The van der Waals surface area contributed by atoms with Gasteiger partial charge in [-0.15, -0.1) is 0 Å². The molecule has 0 spiro atoms. The van der Waals surface area contributed by atoms with E-state index in [9.17, 15) is 4.39 Å². The van der Waals surface area contributed by atoms with Crippen molar-refractivity contribution in [2.75, 3.05) is 0 Å².